The highest BCUT2D eigenvalue weighted by Gasteiger charge is 2.08. The Balaban J connectivity index is 2.18. The molecular formula is C11H12IN3O. The molecule has 2 rings (SSSR count). The molecule has 1 N–H and O–H groups in total. The molecule has 0 bridgehead atoms. The van der Waals surface area contributed by atoms with Gasteiger partial charge in [-0.2, -0.15) is 4.98 Å². The fourth-order valence-electron chi connectivity index (χ4n) is 1.30. The maximum Gasteiger partial charge on any atom is 0.258 e. The zero-order chi connectivity index (χ0) is 11.4. The molecule has 0 aliphatic rings. The van der Waals surface area contributed by atoms with E-state index in [9.17, 15) is 0 Å². The van der Waals surface area contributed by atoms with Gasteiger partial charge in [-0.1, -0.05) is 18.1 Å². The van der Waals surface area contributed by atoms with E-state index in [1.165, 1.54) is 0 Å². The van der Waals surface area contributed by atoms with Crippen LogP contribution in [0.3, 0.4) is 0 Å². The van der Waals surface area contributed by atoms with Gasteiger partial charge in [-0.05, 0) is 47.3 Å². The molecule has 0 amide bonds. The third kappa shape index (κ3) is 2.79. The van der Waals surface area contributed by atoms with E-state index >= 15 is 0 Å². The van der Waals surface area contributed by atoms with Gasteiger partial charge in [0.05, 0.1) is 6.54 Å². The second-order valence-electron chi connectivity index (χ2n) is 3.31. The summed E-state index contributed by atoms with van der Waals surface area (Å²) in [5.74, 6) is 1.27. The second-order valence-corrected chi connectivity index (χ2v) is 4.55. The zero-order valence-electron chi connectivity index (χ0n) is 8.90. The van der Waals surface area contributed by atoms with Crippen LogP contribution in [0.25, 0.3) is 11.5 Å². The van der Waals surface area contributed by atoms with Crippen molar-refractivity contribution in [2.45, 2.75) is 13.5 Å². The van der Waals surface area contributed by atoms with Crippen molar-refractivity contribution in [3.05, 3.63) is 33.7 Å². The van der Waals surface area contributed by atoms with Crippen LogP contribution < -0.4 is 5.32 Å². The Bertz CT molecular complexity index is 470. The van der Waals surface area contributed by atoms with Crippen molar-refractivity contribution in [2.75, 3.05) is 6.54 Å². The Hall–Kier alpha value is -0.950. The van der Waals surface area contributed by atoms with Crippen LogP contribution in [0.2, 0.25) is 0 Å². The first kappa shape index (κ1) is 11.5. The van der Waals surface area contributed by atoms with Gasteiger partial charge in [0.1, 0.15) is 0 Å². The van der Waals surface area contributed by atoms with Crippen LogP contribution in [0, 0.1) is 3.57 Å². The van der Waals surface area contributed by atoms with E-state index < -0.39 is 0 Å². The minimum absolute atomic E-state index is 0.575. The molecule has 1 aromatic carbocycles. The van der Waals surface area contributed by atoms with Gasteiger partial charge < -0.3 is 9.84 Å². The van der Waals surface area contributed by atoms with Gasteiger partial charge in [0.15, 0.2) is 5.82 Å². The smallest absolute Gasteiger partial charge is 0.258 e. The van der Waals surface area contributed by atoms with Crippen molar-refractivity contribution < 1.29 is 4.52 Å². The lowest BCUT2D eigenvalue weighted by Crippen LogP contribution is -2.12. The third-order valence-electron chi connectivity index (χ3n) is 2.07. The molecule has 0 unspecified atom stereocenters. The van der Waals surface area contributed by atoms with E-state index in [1.54, 1.807) is 0 Å². The summed E-state index contributed by atoms with van der Waals surface area (Å²) in [5, 5.41) is 7.06. The molecule has 84 valence electrons. The number of nitrogens with zero attached hydrogens (tertiary/aromatic N) is 2. The van der Waals surface area contributed by atoms with Crippen LogP contribution >= 0.6 is 22.6 Å². The van der Waals surface area contributed by atoms with E-state index in [0.717, 1.165) is 15.7 Å². The molecular weight excluding hydrogens is 317 g/mol. The van der Waals surface area contributed by atoms with Crippen molar-refractivity contribution in [2.24, 2.45) is 0 Å². The van der Waals surface area contributed by atoms with Crippen LogP contribution in [0.4, 0.5) is 0 Å². The molecule has 0 aliphatic carbocycles. The normalized spacial score (nSPS) is 10.6. The average Bonchev–Trinajstić information content (AvgIpc) is 2.75. The fourth-order valence-corrected chi connectivity index (χ4v) is 1.84. The standard InChI is InChI=1S/C11H12IN3O/c1-2-13-7-10-14-11(16-15-10)8-4-3-5-9(12)6-8/h3-6,13H,2,7H2,1H3. The summed E-state index contributed by atoms with van der Waals surface area (Å²) in [6, 6.07) is 7.99. The van der Waals surface area contributed by atoms with E-state index in [4.69, 9.17) is 4.52 Å². The van der Waals surface area contributed by atoms with Crippen molar-refractivity contribution in [3.63, 3.8) is 0 Å². The van der Waals surface area contributed by atoms with E-state index in [2.05, 4.69) is 38.0 Å². The largest absolute Gasteiger partial charge is 0.334 e. The molecule has 0 spiro atoms. The van der Waals surface area contributed by atoms with Crippen molar-refractivity contribution in [1.82, 2.24) is 15.5 Å². The molecule has 0 fully saturated rings. The highest BCUT2D eigenvalue weighted by molar-refractivity contribution is 14.1. The van der Waals surface area contributed by atoms with Gasteiger partial charge in [-0.3, -0.25) is 0 Å². The van der Waals surface area contributed by atoms with Gasteiger partial charge in [0.25, 0.3) is 5.89 Å². The Morgan fingerprint density at radius 1 is 1.44 bits per heavy atom. The summed E-state index contributed by atoms with van der Waals surface area (Å²) < 4.78 is 6.35. The number of aromatic nitrogens is 2. The molecule has 1 aromatic heterocycles. The van der Waals surface area contributed by atoms with Crippen LogP contribution in [0.1, 0.15) is 12.7 Å². The lowest BCUT2D eigenvalue weighted by molar-refractivity contribution is 0.420. The lowest BCUT2D eigenvalue weighted by Gasteiger charge is -1.94. The number of nitrogens with one attached hydrogen (secondary N) is 1. The highest BCUT2D eigenvalue weighted by atomic mass is 127. The van der Waals surface area contributed by atoms with E-state index in [-0.39, 0.29) is 0 Å². The van der Waals surface area contributed by atoms with Gasteiger partial charge in [-0.15, -0.1) is 0 Å². The third-order valence-corrected chi connectivity index (χ3v) is 2.74. The predicted octanol–water partition coefficient (Wildman–Crippen LogP) is 2.45. The molecule has 4 nitrogen and oxygen atoms in total. The Morgan fingerprint density at radius 2 is 2.31 bits per heavy atom. The van der Waals surface area contributed by atoms with E-state index in [1.807, 2.05) is 31.2 Å². The van der Waals surface area contributed by atoms with E-state index in [0.29, 0.717) is 18.3 Å². The molecule has 1 heterocycles. The molecule has 16 heavy (non-hydrogen) atoms. The second kappa shape index (κ2) is 5.40. The monoisotopic (exact) mass is 329 g/mol. The zero-order valence-corrected chi connectivity index (χ0v) is 11.1. The van der Waals surface area contributed by atoms with Gasteiger partial charge in [0, 0.05) is 9.13 Å². The topological polar surface area (TPSA) is 51.0 Å². The van der Waals surface area contributed by atoms with Crippen molar-refractivity contribution in [3.8, 4) is 11.5 Å². The molecule has 0 saturated heterocycles. The van der Waals surface area contributed by atoms with Crippen LogP contribution in [0.15, 0.2) is 28.8 Å². The first-order valence-electron chi connectivity index (χ1n) is 5.09. The van der Waals surface area contributed by atoms with Crippen LogP contribution in [-0.4, -0.2) is 16.7 Å². The minimum atomic E-state index is 0.575. The maximum atomic E-state index is 5.20. The average molecular weight is 329 g/mol. The Morgan fingerprint density at radius 3 is 3.06 bits per heavy atom. The summed E-state index contributed by atoms with van der Waals surface area (Å²) in [7, 11) is 0. The summed E-state index contributed by atoms with van der Waals surface area (Å²) in [6.45, 7) is 3.58. The number of halogens is 1. The number of hydrogen-bond acceptors (Lipinski definition) is 4. The maximum absolute atomic E-state index is 5.20. The van der Waals surface area contributed by atoms with Gasteiger partial charge in [0.2, 0.25) is 0 Å². The lowest BCUT2D eigenvalue weighted by atomic mass is 10.2. The SMILES string of the molecule is CCNCc1noc(-c2cccc(I)c2)n1. The first-order valence-corrected chi connectivity index (χ1v) is 6.16. The predicted molar refractivity (Wildman–Crippen MR) is 69.8 cm³/mol. The fraction of sp³-hybridized carbons (Fsp3) is 0.273. The summed E-state index contributed by atoms with van der Waals surface area (Å²) in [4.78, 5) is 4.32. The van der Waals surface area contributed by atoms with Gasteiger partial charge in [-0.25, -0.2) is 0 Å². The highest BCUT2D eigenvalue weighted by Crippen LogP contribution is 2.19. The summed E-state index contributed by atoms with van der Waals surface area (Å²) in [5.41, 5.74) is 0.960. The first-order chi connectivity index (χ1) is 7.79. The Kier molecular flexibility index (Phi) is 3.89. The summed E-state index contributed by atoms with van der Waals surface area (Å²) >= 11 is 2.26. The molecule has 0 aliphatic heterocycles. The van der Waals surface area contributed by atoms with Gasteiger partial charge >= 0.3 is 0 Å². The minimum Gasteiger partial charge on any atom is -0.334 e. The molecule has 0 atom stereocenters. The molecule has 5 heteroatoms. The Labute approximate surface area is 108 Å². The molecule has 0 saturated carbocycles. The van der Waals surface area contributed by atoms with Crippen molar-refractivity contribution >= 4 is 22.6 Å². The molecule has 2 aromatic rings. The van der Waals surface area contributed by atoms with Crippen LogP contribution in [-0.2, 0) is 6.54 Å². The quantitative estimate of drug-likeness (QED) is 0.876. The van der Waals surface area contributed by atoms with Crippen LogP contribution in [0.5, 0.6) is 0 Å². The summed E-state index contributed by atoms with van der Waals surface area (Å²) in [6.07, 6.45) is 0. The number of hydrogen-bond donors (Lipinski definition) is 1. The number of rotatable bonds is 4. The van der Waals surface area contributed by atoms with Crippen molar-refractivity contribution in [1.29, 1.82) is 0 Å². The molecule has 0 radical (unpaired) electrons. The number of benzene rings is 1.